The predicted molar refractivity (Wildman–Crippen MR) is 149 cm³/mol. The van der Waals surface area contributed by atoms with Gasteiger partial charge in [0.05, 0.1) is 4.91 Å². The lowest BCUT2D eigenvalue weighted by atomic mass is 10.0. The first-order valence-corrected chi connectivity index (χ1v) is 13.0. The number of aliphatic carboxylic acids is 1. The lowest BCUT2D eigenvalue weighted by Crippen LogP contribution is -2.47. The third-order valence-corrected chi connectivity index (χ3v) is 7.06. The molecule has 1 saturated heterocycles. The van der Waals surface area contributed by atoms with Gasteiger partial charge < -0.3 is 14.6 Å². The number of thioether (sulfide) groups is 1. The number of nitrogens with zero attached hydrogens (tertiary/aromatic N) is 1. The first-order chi connectivity index (χ1) is 17.8. The van der Waals surface area contributed by atoms with Crippen LogP contribution < -0.4 is 9.47 Å². The van der Waals surface area contributed by atoms with Gasteiger partial charge in [0.25, 0.3) is 5.91 Å². The number of carbonyl (C=O) groups is 2. The van der Waals surface area contributed by atoms with E-state index >= 15 is 0 Å². The Morgan fingerprint density at radius 2 is 1.51 bits per heavy atom. The molecule has 3 aromatic rings. The minimum Gasteiger partial charge on any atom is -0.485 e. The van der Waals surface area contributed by atoms with E-state index in [0.717, 1.165) is 22.9 Å². The van der Waals surface area contributed by atoms with Gasteiger partial charge in [-0.05, 0) is 40.8 Å². The van der Waals surface area contributed by atoms with Crippen LogP contribution in [0.25, 0.3) is 6.08 Å². The number of carboxylic acid groups (broad SMARTS) is 1. The maximum absolute atomic E-state index is 13.1. The largest absolute Gasteiger partial charge is 0.485 e. The SMILES string of the molecule is CC(C)[C@H](C(=O)O)N1C(=O)/C(=C\c2ccc(OCc3ccccc3)c(OCc3ccccc3)c2)SC1=S. The summed E-state index contributed by atoms with van der Waals surface area (Å²) < 4.78 is 12.4. The Labute approximate surface area is 225 Å². The predicted octanol–water partition coefficient (Wildman–Crippen LogP) is 6.16. The van der Waals surface area contributed by atoms with Crippen molar-refractivity contribution in [1.82, 2.24) is 4.90 Å². The highest BCUT2D eigenvalue weighted by Crippen LogP contribution is 2.37. The Balaban J connectivity index is 1.59. The lowest BCUT2D eigenvalue weighted by molar-refractivity contribution is -0.146. The minimum absolute atomic E-state index is 0.237. The van der Waals surface area contributed by atoms with Crippen LogP contribution in [0.2, 0.25) is 0 Å². The summed E-state index contributed by atoms with van der Waals surface area (Å²) in [6.07, 6.45) is 1.70. The monoisotopic (exact) mass is 533 g/mol. The molecule has 190 valence electrons. The van der Waals surface area contributed by atoms with Crippen molar-refractivity contribution in [3.8, 4) is 11.5 Å². The zero-order valence-electron chi connectivity index (χ0n) is 20.5. The van der Waals surface area contributed by atoms with E-state index in [1.165, 1.54) is 4.90 Å². The molecule has 0 aromatic heterocycles. The highest BCUT2D eigenvalue weighted by atomic mass is 32.2. The lowest BCUT2D eigenvalue weighted by Gasteiger charge is -2.26. The fraction of sp³-hybridized carbons (Fsp3) is 0.207. The van der Waals surface area contributed by atoms with Gasteiger partial charge in [-0.25, -0.2) is 4.79 Å². The van der Waals surface area contributed by atoms with Crippen LogP contribution in [0, 0.1) is 5.92 Å². The minimum atomic E-state index is -1.08. The van der Waals surface area contributed by atoms with E-state index in [1.54, 1.807) is 19.9 Å². The fourth-order valence-corrected chi connectivity index (χ4v) is 5.21. The second-order valence-corrected chi connectivity index (χ2v) is 10.5. The molecule has 0 aliphatic carbocycles. The number of rotatable bonds is 10. The van der Waals surface area contributed by atoms with Gasteiger partial charge in [-0.3, -0.25) is 9.69 Å². The summed E-state index contributed by atoms with van der Waals surface area (Å²) in [5, 5.41) is 9.66. The van der Waals surface area contributed by atoms with Crippen molar-refractivity contribution in [2.24, 2.45) is 5.92 Å². The van der Waals surface area contributed by atoms with Gasteiger partial charge in [0, 0.05) is 0 Å². The molecule has 0 saturated carbocycles. The molecule has 0 bridgehead atoms. The number of carbonyl (C=O) groups excluding carboxylic acids is 1. The second kappa shape index (κ2) is 12.1. The standard InChI is InChI=1S/C29H27NO5S2/c1-19(2)26(28(32)33)30-27(31)25(37-29(30)36)16-22-13-14-23(34-17-20-9-5-3-6-10-20)24(15-22)35-18-21-11-7-4-8-12-21/h3-16,19,26H,17-18H2,1-2H3,(H,32,33)/b25-16+/t26-/m1/s1. The molecule has 0 spiro atoms. The van der Waals surface area contributed by atoms with Crippen molar-refractivity contribution in [1.29, 1.82) is 0 Å². The molecule has 8 heteroatoms. The molecule has 37 heavy (non-hydrogen) atoms. The van der Waals surface area contributed by atoms with Gasteiger partial charge in [-0.1, -0.05) is 105 Å². The zero-order chi connectivity index (χ0) is 26.4. The maximum Gasteiger partial charge on any atom is 0.327 e. The smallest absolute Gasteiger partial charge is 0.327 e. The number of thiocarbonyl (C=S) groups is 1. The highest BCUT2D eigenvalue weighted by Gasteiger charge is 2.41. The molecular weight excluding hydrogens is 506 g/mol. The van der Waals surface area contributed by atoms with Crippen molar-refractivity contribution in [2.75, 3.05) is 0 Å². The van der Waals surface area contributed by atoms with Crippen LogP contribution in [-0.2, 0) is 22.8 Å². The molecule has 1 aliphatic rings. The molecule has 0 unspecified atom stereocenters. The van der Waals surface area contributed by atoms with Crippen LogP contribution in [0.5, 0.6) is 11.5 Å². The van der Waals surface area contributed by atoms with Crippen LogP contribution in [0.4, 0.5) is 0 Å². The van der Waals surface area contributed by atoms with Gasteiger partial charge in [0.1, 0.15) is 23.6 Å². The van der Waals surface area contributed by atoms with E-state index in [-0.39, 0.29) is 10.2 Å². The quantitative estimate of drug-likeness (QED) is 0.247. The van der Waals surface area contributed by atoms with Crippen LogP contribution in [0.15, 0.2) is 83.8 Å². The number of carboxylic acids is 1. The van der Waals surface area contributed by atoms with Gasteiger partial charge in [-0.2, -0.15) is 0 Å². The molecule has 4 rings (SSSR count). The summed E-state index contributed by atoms with van der Waals surface area (Å²) in [6, 6.07) is 24.1. The highest BCUT2D eigenvalue weighted by molar-refractivity contribution is 8.26. The number of hydrogen-bond acceptors (Lipinski definition) is 6. The summed E-state index contributed by atoms with van der Waals surface area (Å²) in [4.78, 5) is 26.5. The summed E-state index contributed by atoms with van der Waals surface area (Å²) in [6.45, 7) is 4.24. The molecule has 6 nitrogen and oxygen atoms in total. The second-order valence-electron chi connectivity index (χ2n) is 8.83. The van der Waals surface area contributed by atoms with Gasteiger partial charge in [0.15, 0.2) is 11.5 Å². The van der Waals surface area contributed by atoms with Gasteiger partial charge in [0.2, 0.25) is 0 Å². The molecular formula is C29H27NO5S2. The van der Waals surface area contributed by atoms with E-state index in [1.807, 2.05) is 78.9 Å². The summed E-state index contributed by atoms with van der Waals surface area (Å²) >= 11 is 6.47. The molecule has 1 fully saturated rings. The van der Waals surface area contributed by atoms with Crippen LogP contribution in [0.3, 0.4) is 0 Å². The summed E-state index contributed by atoms with van der Waals surface area (Å²) in [5.41, 5.74) is 2.76. The van der Waals surface area contributed by atoms with E-state index in [0.29, 0.717) is 35.2 Å². The van der Waals surface area contributed by atoms with Crippen molar-refractivity contribution >= 4 is 46.3 Å². The van der Waals surface area contributed by atoms with Crippen LogP contribution in [-0.4, -0.2) is 32.2 Å². The van der Waals surface area contributed by atoms with Gasteiger partial charge >= 0.3 is 5.97 Å². The average Bonchev–Trinajstić information content (AvgIpc) is 3.15. The summed E-state index contributed by atoms with van der Waals surface area (Å²) in [5.74, 6) is -0.667. The Morgan fingerprint density at radius 1 is 0.946 bits per heavy atom. The Hall–Kier alpha value is -3.62. The van der Waals surface area contributed by atoms with Gasteiger partial charge in [-0.15, -0.1) is 0 Å². The molecule has 1 N–H and O–H groups in total. The number of ether oxygens (including phenoxy) is 2. The number of amides is 1. The van der Waals surface area contributed by atoms with E-state index < -0.39 is 17.9 Å². The molecule has 0 radical (unpaired) electrons. The fourth-order valence-electron chi connectivity index (χ4n) is 3.88. The first kappa shape index (κ1) is 26.4. The number of benzene rings is 3. The molecule has 1 amide bonds. The van der Waals surface area contributed by atoms with Crippen molar-refractivity contribution in [3.05, 3.63) is 100 Å². The topological polar surface area (TPSA) is 76.1 Å². The molecule has 1 heterocycles. The van der Waals surface area contributed by atoms with E-state index in [9.17, 15) is 14.7 Å². The Kier molecular flexibility index (Phi) is 8.63. The Bertz CT molecular complexity index is 1310. The Morgan fingerprint density at radius 3 is 2.05 bits per heavy atom. The van der Waals surface area contributed by atoms with Crippen molar-refractivity contribution in [3.63, 3.8) is 0 Å². The molecule has 1 atom stereocenters. The first-order valence-electron chi connectivity index (χ1n) is 11.8. The summed E-state index contributed by atoms with van der Waals surface area (Å²) in [7, 11) is 0. The van der Waals surface area contributed by atoms with Crippen molar-refractivity contribution < 1.29 is 24.2 Å². The average molecular weight is 534 g/mol. The van der Waals surface area contributed by atoms with Crippen LogP contribution >= 0.6 is 24.0 Å². The van der Waals surface area contributed by atoms with E-state index in [4.69, 9.17) is 21.7 Å². The van der Waals surface area contributed by atoms with E-state index in [2.05, 4.69) is 0 Å². The number of hydrogen-bond donors (Lipinski definition) is 1. The maximum atomic E-state index is 13.1. The normalized spacial score (nSPS) is 15.3. The molecule has 3 aromatic carbocycles. The van der Waals surface area contributed by atoms with Crippen molar-refractivity contribution in [2.45, 2.75) is 33.1 Å². The third-order valence-electron chi connectivity index (χ3n) is 5.73. The zero-order valence-corrected chi connectivity index (χ0v) is 22.1. The van der Waals surface area contributed by atoms with Crippen LogP contribution in [0.1, 0.15) is 30.5 Å². The molecule has 1 aliphatic heterocycles. The third kappa shape index (κ3) is 6.58.